The SMILES string of the molecule is CCOC1CCN(C(=O)c2cc(C)c(Br)s2)CC1. The summed E-state index contributed by atoms with van der Waals surface area (Å²) >= 11 is 4.99. The van der Waals surface area contributed by atoms with Gasteiger partial charge < -0.3 is 9.64 Å². The van der Waals surface area contributed by atoms with E-state index in [1.807, 2.05) is 24.8 Å². The van der Waals surface area contributed by atoms with Gasteiger partial charge in [0.1, 0.15) is 0 Å². The van der Waals surface area contributed by atoms with E-state index in [0.29, 0.717) is 6.10 Å². The molecule has 1 aromatic heterocycles. The van der Waals surface area contributed by atoms with E-state index in [1.165, 1.54) is 11.3 Å². The number of halogens is 1. The molecule has 18 heavy (non-hydrogen) atoms. The van der Waals surface area contributed by atoms with Gasteiger partial charge in [0.15, 0.2) is 0 Å². The molecule has 0 radical (unpaired) electrons. The van der Waals surface area contributed by atoms with E-state index in [4.69, 9.17) is 4.74 Å². The highest BCUT2D eigenvalue weighted by Crippen LogP contribution is 2.29. The molecule has 3 nitrogen and oxygen atoms in total. The largest absolute Gasteiger partial charge is 0.378 e. The van der Waals surface area contributed by atoms with Crippen molar-refractivity contribution in [2.75, 3.05) is 19.7 Å². The van der Waals surface area contributed by atoms with Gasteiger partial charge in [-0.15, -0.1) is 11.3 Å². The quantitative estimate of drug-likeness (QED) is 0.848. The number of likely N-dealkylation sites (tertiary alicyclic amines) is 1. The maximum Gasteiger partial charge on any atom is 0.263 e. The zero-order valence-electron chi connectivity index (χ0n) is 10.7. The third kappa shape index (κ3) is 3.13. The maximum atomic E-state index is 12.3. The molecule has 0 bridgehead atoms. The average Bonchev–Trinajstić information content (AvgIpc) is 2.70. The molecule has 0 aliphatic carbocycles. The summed E-state index contributed by atoms with van der Waals surface area (Å²) in [5.41, 5.74) is 1.13. The van der Waals surface area contributed by atoms with Gasteiger partial charge in [0.05, 0.1) is 14.8 Å². The number of carbonyl (C=O) groups is 1. The van der Waals surface area contributed by atoms with Crippen LogP contribution in [0.2, 0.25) is 0 Å². The minimum absolute atomic E-state index is 0.156. The molecule has 0 atom stereocenters. The number of rotatable bonds is 3. The van der Waals surface area contributed by atoms with Crippen LogP contribution in [0.5, 0.6) is 0 Å². The number of thiophene rings is 1. The summed E-state index contributed by atoms with van der Waals surface area (Å²) in [7, 11) is 0. The van der Waals surface area contributed by atoms with Crippen LogP contribution in [0.15, 0.2) is 9.85 Å². The zero-order chi connectivity index (χ0) is 13.1. The molecular formula is C13H18BrNO2S. The predicted molar refractivity (Wildman–Crippen MR) is 77.3 cm³/mol. The molecule has 100 valence electrons. The molecule has 0 aromatic carbocycles. The molecular weight excluding hydrogens is 314 g/mol. The van der Waals surface area contributed by atoms with Crippen LogP contribution in [-0.4, -0.2) is 36.6 Å². The summed E-state index contributed by atoms with van der Waals surface area (Å²) < 4.78 is 6.65. The Morgan fingerprint density at radius 2 is 2.22 bits per heavy atom. The van der Waals surface area contributed by atoms with E-state index in [1.54, 1.807) is 0 Å². The smallest absolute Gasteiger partial charge is 0.263 e. The van der Waals surface area contributed by atoms with Crippen LogP contribution in [0.4, 0.5) is 0 Å². The van der Waals surface area contributed by atoms with Gasteiger partial charge in [-0.1, -0.05) is 0 Å². The number of carbonyl (C=O) groups excluding carboxylic acids is 1. The van der Waals surface area contributed by atoms with Gasteiger partial charge in [-0.05, 0) is 54.2 Å². The molecule has 5 heteroatoms. The summed E-state index contributed by atoms with van der Waals surface area (Å²) in [5.74, 6) is 0.156. The van der Waals surface area contributed by atoms with Crippen molar-refractivity contribution in [1.82, 2.24) is 4.90 Å². The molecule has 1 aliphatic rings. The fourth-order valence-corrected chi connectivity index (χ4v) is 3.69. The van der Waals surface area contributed by atoms with Crippen LogP contribution >= 0.6 is 27.3 Å². The average molecular weight is 332 g/mol. The molecule has 1 aliphatic heterocycles. The van der Waals surface area contributed by atoms with Crippen molar-refractivity contribution in [2.24, 2.45) is 0 Å². The Balaban J connectivity index is 1.95. The number of hydrogen-bond donors (Lipinski definition) is 0. The van der Waals surface area contributed by atoms with Gasteiger partial charge in [0.25, 0.3) is 5.91 Å². The van der Waals surface area contributed by atoms with Crippen molar-refractivity contribution < 1.29 is 9.53 Å². The molecule has 0 spiro atoms. The first-order chi connectivity index (χ1) is 8.61. The van der Waals surface area contributed by atoms with Crippen molar-refractivity contribution in [2.45, 2.75) is 32.8 Å². The number of aryl methyl sites for hydroxylation is 1. The monoisotopic (exact) mass is 331 g/mol. The Bertz CT molecular complexity index is 405. The fraction of sp³-hybridized carbons (Fsp3) is 0.615. The van der Waals surface area contributed by atoms with Crippen molar-refractivity contribution >= 4 is 33.2 Å². The third-order valence-corrected chi connectivity index (χ3v) is 5.32. The molecule has 1 aromatic rings. The molecule has 1 saturated heterocycles. The van der Waals surface area contributed by atoms with Crippen molar-refractivity contribution in [1.29, 1.82) is 0 Å². The number of ether oxygens (including phenoxy) is 1. The maximum absolute atomic E-state index is 12.3. The van der Waals surface area contributed by atoms with Gasteiger partial charge in [0, 0.05) is 19.7 Å². The summed E-state index contributed by atoms with van der Waals surface area (Å²) in [4.78, 5) is 15.1. The van der Waals surface area contributed by atoms with Crippen molar-refractivity contribution in [3.8, 4) is 0 Å². The van der Waals surface area contributed by atoms with Gasteiger partial charge in [-0.3, -0.25) is 4.79 Å². The number of piperidine rings is 1. The lowest BCUT2D eigenvalue weighted by molar-refractivity contribution is 0.0147. The van der Waals surface area contributed by atoms with Gasteiger partial charge in [0.2, 0.25) is 0 Å². The Morgan fingerprint density at radius 1 is 1.56 bits per heavy atom. The Morgan fingerprint density at radius 3 is 2.72 bits per heavy atom. The molecule has 0 N–H and O–H groups in total. The lowest BCUT2D eigenvalue weighted by Gasteiger charge is -2.31. The van der Waals surface area contributed by atoms with E-state index in [-0.39, 0.29) is 5.91 Å². The lowest BCUT2D eigenvalue weighted by Crippen LogP contribution is -2.40. The lowest BCUT2D eigenvalue weighted by atomic mass is 10.1. The fourth-order valence-electron chi connectivity index (χ4n) is 2.18. The summed E-state index contributed by atoms with van der Waals surface area (Å²) in [6, 6.07) is 1.96. The molecule has 2 heterocycles. The normalized spacial score (nSPS) is 17.2. The second kappa shape index (κ2) is 6.17. The van der Waals surface area contributed by atoms with Gasteiger partial charge in [-0.2, -0.15) is 0 Å². The first kappa shape index (κ1) is 14.0. The molecule has 1 amide bonds. The van der Waals surface area contributed by atoms with E-state index in [0.717, 1.165) is 46.8 Å². The van der Waals surface area contributed by atoms with Crippen LogP contribution in [0.3, 0.4) is 0 Å². The summed E-state index contributed by atoms with van der Waals surface area (Å²) in [6.45, 7) is 6.40. The first-order valence-electron chi connectivity index (χ1n) is 6.28. The Kier molecular flexibility index (Phi) is 4.81. The topological polar surface area (TPSA) is 29.5 Å². The van der Waals surface area contributed by atoms with Crippen molar-refractivity contribution in [3.05, 3.63) is 20.3 Å². The second-order valence-corrected chi connectivity index (χ2v) is 6.88. The third-order valence-electron chi connectivity index (χ3n) is 3.20. The molecule has 0 saturated carbocycles. The zero-order valence-corrected chi connectivity index (χ0v) is 13.1. The Hall–Kier alpha value is -0.390. The minimum atomic E-state index is 0.156. The summed E-state index contributed by atoms with van der Waals surface area (Å²) in [6.07, 6.45) is 2.23. The van der Waals surface area contributed by atoms with E-state index >= 15 is 0 Å². The second-order valence-electron chi connectivity index (χ2n) is 4.51. The van der Waals surface area contributed by atoms with Crippen molar-refractivity contribution in [3.63, 3.8) is 0 Å². The molecule has 0 unspecified atom stereocenters. The van der Waals surface area contributed by atoms with E-state index in [9.17, 15) is 4.79 Å². The van der Waals surface area contributed by atoms with Gasteiger partial charge in [-0.25, -0.2) is 0 Å². The molecule has 2 rings (SSSR count). The predicted octanol–water partition coefficient (Wildman–Crippen LogP) is 3.46. The van der Waals surface area contributed by atoms with Crippen LogP contribution in [0, 0.1) is 6.92 Å². The van der Waals surface area contributed by atoms with E-state index < -0.39 is 0 Å². The van der Waals surface area contributed by atoms with Crippen LogP contribution in [0.25, 0.3) is 0 Å². The van der Waals surface area contributed by atoms with E-state index in [2.05, 4.69) is 15.9 Å². The standard InChI is InChI=1S/C13H18BrNO2S/c1-3-17-10-4-6-15(7-5-10)13(16)11-8-9(2)12(14)18-11/h8,10H,3-7H2,1-2H3. The number of amides is 1. The number of nitrogens with zero attached hydrogens (tertiary/aromatic N) is 1. The van der Waals surface area contributed by atoms with Crippen LogP contribution < -0.4 is 0 Å². The molecule has 1 fully saturated rings. The van der Waals surface area contributed by atoms with Crippen LogP contribution in [0.1, 0.15) is 35.0 Å². The first-order valence-corrected chi connectivity index (χ1v) is 7.89. The van der Waals surface area contributed by atoms with Gasteiger partial charge >= 0.3 is 0 Å². The highest BCUT2D eigenvalue weighted by molar-refractivity contribution is 9.11. The minimum Gasteiger partial charge on any atom is -0.378 e. The highest BCUT2D eigenvalue weighted by atomic mass is 79.9. The number of hydrogen-bond acceptors (Lipinski definition) is 3. The highest BCUT2D eigenvalue weighted by Gasteiger charge is 2.24. The van der Waals surface area contributed by atoms with Crippen LogP contribution in [-0.2, 0) is 4.74 Å². The summed E-state index contributed by atoms with van der Waals surface area (Å²) in [5, 5.41) is 0. The Labute approximate surface area is 120 Å².